The van der Waals surface area contributed by atoms with E-state index in [4.69, 9.17) is 17.3 Å². The van der Waals surface area contributed by atoms with E-state index in [1.165, 1.54) is 0 Å². The molecule has 3 rings (SSSR count). The standard InChI is InChI=1S/C14H12ClN3/c1-9-3-2-4-12-13(9)17-14(16)18(12)11-7-5-10(15)6-8-11/h2-8H,1H3,(H2,16,17). The molecule has 0 aliphatic rings. The van der Waals surface area contributed by atoms with Crippen LogP contribution in [0.15, 0.2) is 42.5 Å². The van der Waals surface area contributed by atoms with E-state index in [-0.39, 0.29) is 0 Å². The molecular formula is C14H12ClN3. The lowest BCUT2D eigenvalue weighted by Crippen LogP contribution is -2.00. The third-order valence-corrected chi connectivity index (χ3v) is 3.25. The Balaban J connectivity index is 2.32. The van der Waals surface area contributed by atoms with Crippen molar-refractivity contribution in [2.45, 2.75) is 6.92 Å². The zero-order chi connectivity index (χ0) is 12.7. The highest BCUT2D eigenvalue weighted by Crippen LogP contribution is 2.25. The zero-order valence-corrected chi connectivity index (χ0v) is 10.6. The number of fused-ring (bicyclic) bond motifs is 1. The largest absolute Gasteiger partial charge is 0.369 e. The number of rotatable bonds is 1. The molecule has 3 aromatic rings. The van der Waals surface area contributed by atoms with Gasteiger partial charge in [0.2, 0.25) is 5.95 Å². The maximum Gasteiger partial charge on any atom is 0.205 e. The molecule has 18 heavy (non-hydrogen) atoms. The first kappa shape index (κ1) is 11.1. The molecule has 0 saturated carbocycles. The van der Waals surface area contributed by atoms with Gasteiger partial charge in [-0.2, -0.15) is 0 Å². The molecule has 0 amide bonds. The van der Waals surface area contributed by atoms with Crippen LogP contribution >= 0.6 is 11.6 Å². The number of aryl methyl sites for hydroxylation is 1. The van der Waals surface area contributed by atoms with Crippen LogP contribution in [0.4, 0.5) is 5.95 Å². The number of hydrogen-bond acceptors (Lipinski definition) is 2. The molecule has 0 atom stereocenters. The Labute approximate surface area is 110 Å². The third-order valence-electron chi connectivity index (χ3n) is 3.00. The molecule has 1 aromatic heterocycles. The predicted molar refractivity (Wildman–Crippen MR) is 75.2 cm³/mol. The van der Waals surface area contributed by atoms with Gasteiger partial charge in [0.15, 0.2) is 0 Å². The molecule has 0 fully saturated rings. The number of nitrogens with zero attached hydrogens (tertiary/aromatic N) is 2. The van der Waals surface area contributed by atoms with E-state index < -0.39 is 0 Å². The first-order valence-corrected chi connectivity index (χ1v) is 6.04. The summed E-state index contributed by atoms with van der Waals surface area (Å²) < 4.78 is 1.93. The van der Waals surface area contributed by atoms with E-state index in [1.807, 2.05) is 54.0 Å². The minimum Gasteiger partial charge on any atom is -0.369 e. The molecule has 0 radical (unpaired) electrons. The Morgan fingerprint density at radius 1 is 1.11 bits per heavy atom. The van der Waals surface area contributed by atoms with E-state index in [1.54, 1.807) is 0 Å². The van der Waals surface area contributed by atoms with Crippen LogP contribution in [0.5, 0.6) is 0 Å². The van der Waals surface area contributed by atoms with E-state index in [2.05, 4.69) is 4.98 Å². The number of hydrogen-bond donors (Lipinski definition) is 1. The lowest BCUT2D eigenvalue weighted by Gasteiger charge is -2.06. The number of halogens is 1. The quantitative estimate of drug-likeness (QED) is 0.724. The van der Waals surface area contributed by atoms with Crippen LogP contribution in [0, 0.1) is 6.92 Å². The molecule has 0 bridgehead atoms. The predicted octanol–water partition coefficient (Wildman–Crippen LogP) is 3.57. The van der Waals surface area contributed by atoms with Crippen molar-refractivity contribution in [1.82, 2.24) is 9.55 Å². The Morgan fingerprint density at radius 2 is 1.83 bits per heavy atom. The van der Waals surface area contributed by atoms with Gasteiger partial charge in [-0.15, -0.1) is 0 Å². The van der Waals surface area contributed by atoms with Crippen LogP contribution in [0.2, 0.25) is 5.02 Å². The maximum atomic E-state index is 6.01. The average molecular weight is 258 g/mol. The monoisotopic (exact) mass is 257 g/mol. The van der Waals surface area contributed by atoms with Crippen LogP contribution in [-0.4, -0.2) is 9.55 Å². The normalized spacial score (nSPS) is 11.0. The third kappa shape index (κ3) is 1.64. The molecule has 0 unspecified atom stereocenters. The van der Waals surface area contributed by atoms with Gasteiger partial charge in [-0.3, -0.25) is 4.57 Å². The molecule has 0 spiro atoms. The fraction of sp³-hybridized carbons (Fsp3) is 0.0714. The summed E-state index contributed by atoms with van der Waals surface area (Å²) in [5, 5.41) is 0.706. The van der Waals surface area contributed by atoms with E-state index in [9.17, 15) is 0 Å². The summed E-state index contributed by atoms with van der Waals surface area (Å²) in [6, 6.07) is 13.6. The van der Waals surface area contributed by atoms with Crippen molar-refractivity contribution in [2.24, 2.45) is 0 Å². The van der Waals surface area contributed by atoms with Gasteiger partial charge >= 0.3 is 0 Å². The van der Waals surface area contributed by atoms with Crippen LogP contribution in [0.25, 0.3) is 16.7 Å². The van der Waals surface area contributed by atoms with Crippen LogP contribution < -0.4 is 5.73 Å². The number of aromatic nitrogens is 2. The summed E-state index contributed by atoms with van der Waals surface area (Å²) in [7, 11) is 0. The Morgan fingerprint density at radius 3 is 2.56 bits per heavy atom. The van der Waals surface area contributed by atoms with Gasteiger partial charge in [0.05, 0.1) is 11.0 Å². The summed E-state index contributed by atoms with van der Waals surface area (Å²) in [6.07, 6.45) is 0. The summed E-state index contributed by atoms with van der Waals surface area (Å²) in [5.41, 5.74) is 10.0. The lowest BCUT2D eigenvalue weighted by atomic mass is 10.2. The zero-order valence-electron chi connectivity index (χ0n) is 9.89. The van der Waals surface area contributed by atoms with Gasteiger partial charge in [-0.25, -0.2) is 4.98 Å². The molecule has 2 N–H and O–H groups in total. The highest BCUT2D eigenvalue weighted by molar-refractivity contribution is 6.30. The smallest absolute Gasteiger partial charge is 0.205 e. The SMILES string of the molecule is Cc1cccc2c1nc(N)n2-c1ccc(Cl)cc1. The van der Waals surface area contributed by atoms with Crippen LogP contribution in [0.1, 0.15) is 5.56 Å². The van der Waals surface area contributed by atoms with Crippen molar-refractivity contribution in [1.29, 1.82) is 0 Å². The number of benzene rings is 2. The highest BCUT2D eigenvalue weighted by Gasteiger charge is 2.10. The van der Waals surface area contributed by atoms with Crippen molar-refractivity contribution in [3.8, 4) is 5.69 Å². The van der Waals surface area contributed by atoms with Gasteiger partial charge in [0, 0.05) is 10.7 Å². The minimum absolute atomic E-state index is 0.488. The first-order chi connectivity index (χ1) is 8.66. The molecule has 2 aromatic carbocycles. The average Bonchev–Trinajstić information content (AvgIpc) is 2.69. The molecule has 90 valence electrons. The fourth-order valence-electron chi connectivity index (χ4n) is 2.12. The maximum absolute atomic E-state index is 6.01. The molecule has 4 heteroatoms. The molecular weight excluding hydrogens is 246 g/mol. The minimum atomic E-state index is 0.488. The van der Waals surface area contributed by atoms with Gasteiger partial charge in [-0.05, 0) is 42.8 Å². The second-order valence-corrected chi connectivity index (χ2v) is 4.66. The van der Waals surface area contributed by atoms with Crippen molar-refractivity contribution in [3.05, 3.63) is 53.1 Å². The van der Waals surface area contributed by atoms with Crippen molar-refractivity contribution in [3.63, 3.8) is 0 Å². The summed E-state index contributed by atoms with van der Waals surface area (Å²) in [5.74, 6) is 0.488. The van der Waals surface area contributed by atoms with E-state index in [0.717, 1.165) is 22.3 Å². The van der Waals surface area contributed by atoms with Gasteiger partial charge in [-0.1, -0.05) is 23.7 Å². The van der Waals surface area contributed by atoms with Gasteiger partial charge < -0.3 is 5.73 Å². The van der Waals surface area contributed by atoms with E-state index in [0.29, 0.717) is 11.0 Å². The van der Waals surface area contributed by atoms with Crippen molar-refractivity contribution < 1.29 is 0 Å². The number of para-hydroxylation sites is 1. The summed E-state index contributed by atoms with van der Waals surface area (Å²) in [4.78, 5) is 4.42. The van der Waals surface area contributed by atoms with E-state index >= 15 is 0 Å². The number of nitrogens with two attached hydrogens (primary N) is 1. The molecule has 0 aliphatic heterocycles. The van der Waals surface area contributed by atoms with Gasteiger partial charge in [0.25, 0.3) is 0 Å². The second kappa shape index (κ2) is 4.03. The van der Waals surface area contributed by atoms with Crippen LogP contribution in [-0.2, 0) is 0 Å². The molecule has 0 saturated heterocycles. The van der Waals surface area contributed by atoms with Crippen LogP contribution in [0.3, 0.4) is 0 Å². The van der Waals surface area contributed by atoms with Gasteiger partial charge in [0.1, 0.15) is 0 Å². The summed E-state index contributed by atoms with van der Waals surface area (Å²) >= 11 is 5.90. The number of nitrogen functional groups attached to an aromatic ring is 1. The Hall–Kier alpha value is -2.00. The summed E-state index contributed by atoms with van der Waals surface area (Å²) in [6.45, 7) is 2.03. The van der Waals surface area contributed by atoms with Crippen molar-refractivity contribution in [2.75, 3.05) is 5.73 Å². The fourth-order valence-corrected chi connectivity index (χ4v) is 2.24. The molecule has 3 nitrogen and oxygen atoms in total. The molecule has 1 heterocycles. The topological polar surface area (TPSA) is 43.8 Å². The van der Waals surface area contributed by atoms with Crippen molar-refractivity contribution >= 4 is 28.6 Å². The molecule has 0 aliphatic carbocycles. The Kier molecular flexibility index (Phi) is 2.49. The highest BCUT2D eigenvalue weighted by atomic mass is 35.5. The first-order valence-electron chi connectivity index (χ1n) is 5.66. The number of imidazole rings is 1. The number of anilines is 1. The lowest BCUT2D eigenvalue weighted by molar-refractivity contribution is 1.11. The second-order valence-electron chi connectivity index (χ2n) is 4.22. The Bertz CT molecular complexity index is 714.